The minimum Gasteiger partial charge on any atom is -0.130 e. The molecule has 1 unspecified atom stereocenters. The van der Waals surface area contributed by atoms with E-state index in [9.17, 15) is 0 Å². The molecule has 1 atom stereocenters. The first-order valence-electron chi connectivity index (χ1n) is 11.7. The van der Waals surface area contributed by atoms with E-state index in [4.69, 9.17) is 0 Å². The zero-order valence-corrected chi connectivity index (χ0v) is 21.3. The van der Waals surface area contributed by atoms with Gasteiger partial charge in [-0.05, 0) is 65.6 Å². The lowest BCUT2D eigenvalue weighted by Crippen LogP contribution is -2.43. The van der Waals surface area contributed by atoms with E-state index in [1.807, 2.05) is 0 Å². The lowest BCUT2D eigenvalue weighted by Gasteiger charge is -2.38. The van der Waals surface area contributed by atoms with Crippen molar-refractivity contribution in [3.8, 4) is 23.3 Å². The predicted molar refractivity (Wildman–Crippen MR) is 130 cm³/mol. The van der Waals surface area contributed by atoms with Gasteiger partial charge in [0.05, 0.1) is 0 Å². The maximum Gasteiger partial charge on any atom is 0.145 e. The number of hydrogen-bond donors (Lipinski definition) is 0. The fourth-order valence-electron chi connectivity index (χ4n) is 4.99. The minimum absolute atomic E-state index is 0.428. The Hall–Kier alpha value is -0.923. The van der Waals surface area contributed by atoms with Gasteiger partial charge in [0.15, 0.2) is 0 Å². The van der Waals surface area contributed by atoms with Gasteiger partial charge in [-0.3, -0.25) is 0 Å². The Labute approximate surface area is 178 Å². The maximum atomic E-state index is 3.83. The van der Waals surface area contributed by atoms with Crippen LogP contribution in [0.2, 0.25) is 16.6 Å². The van der Waals surface area contributed by atoms with E-state index in [0.29, 0.717) is 5.41 Å². The summed E-state index contributed by atoms with van der Waals surface area (Å²) < 4.78 is 0. The molecule has 0 nitrogen and oxygen atoms in total. The van der Waals surface area contributed by atoms with Gasteiger partial charge in [-0.25, -0.2) is 0 Å². The first-order chi connectivity index (χ1) is 13.0. The number of unbranched alkanes of at least 4 members (excludes halogenated alkanes) is 3. The first kappa shape index (κ1) is 25.1. The first-order valence-corrected chi connectivity index (χ1v) is 13.9. The van der Waals surface area contributed by atoms with Crippen molar-refractivity contribution >= 4 is 8.07 Å². The van der Waals surface area contributed by atoms with Crippen LogP contribution in [0.5, 0.6) is 0 Å². The van der Waals surface area contributed by atoms with Gasteiger partial charge in [0.25, 0.3) is 0 Å². The quantitative estimate of drug-likeness (QED) is 0.239. The van der Waals surface area contributed by atoms with Crippen LogP contribution in [0.15, 0.2) is 11.6 Å². The normalized spacial score (nSPS) is 17.9. The van der Waals surface area contributed by atoms with Gasteiger partial charge in [0.1, 0.15) is 8.07 Å². The highest BCUT2D eigenvalue weighted by molar-refractivity contribution is 6.90. The molecule has 0 aromatic carbocycles. The summed E-state index contributed by atoms with van der Waals surface area (Å²) in [5.74, 6) is 11.2. The molecule has 1 heteroatoms. The van der Waals surface area contributed by atoms with Gasteiger partial charge in [0, 0.05) is 12.8 Å². The second-order valence-electron chi connectivity index (χ2n) is 10.8. The van der Waals surface area contributed by atoms with Crippen molar-refractivity contribution in [1.29, 1.82) is 0 Å². The highest BCUT2D eigenvalue weighted by Crippen LogP contribution is 2.40. The van der Waals surface area contributed by atoms with Gasteiger partial charge in [0.2, 0.25) is 0 Å². The molecule has 0 aromatic heterocycles. The lowest BCUT2D eigenvalue weighted by atomic mass is 9.73. The molecular formula is C27H46Si. The molecule has 0 saturated carbocycles. The molecule has 0 spiro atoms. The van der Waals surface area contributed by atoms with Gasteiger partial charge < -0.3 is 0 Å². The molecule has 0 N–H and O–H groups in total. The van der Waals surface area contributed by atoms with E-state index in [1.54, 1.807) is 0 Å². The van der Waals surface area contributed by atoms with E-state index in [2.05, 4.69) is 91.7 Å². The second kappa shape index (κ2) is 11.3. The molecule has 28 heavy (non-hydrogen) atoms. The van der Waals surface area contributed by atoms with E-state index >= 15 is 0 Å². The molecular weight excluding hydrogens is 352 g/mol. The number of allylic oxidation sites excluding steroid dienone is 2. The van der Waals surface area contributed by atoms with Gasteiger partial charge in [-0.2, -0.15) is 0 Å². The van der Waals surface area contributed by atoms with E-state index < -0.39 is 8.07 Å². The zero-order valence-electron chi connectivity index (χ0n) is 20.3. The van der Waals surface area contributed by atoms with Crippen LogP contribution in [0.4, 0.5) is 0 Å². The van der Waals surface area contributed by atoms with Crippen molar-refractivity contribution in [2.75, 3.05) is 0 Å². The summed E-state index contributed by atoms with van der Waals surface area (Å²) in [5.41, 5.74) is 7.83. The highest BCUT2D eigenvalue weighted by Gasteiger charge is 2.41. The van der Waals surface area contributed by atoms with Gasteiger partial charge in [-0.15, -0.1) is 11.5 Å². The SMILES string of the molecule is CC(C)[Si](C#CCCCCC#CC1=CCC(C(C)(C)C)CC1)(C(C)C)C(C)C. The molecule has 0 heterocycles. The van der Waals surface area contributed by atoms with Crippen molar-refractivity contribution in [2.24, 2.45) is 11.3 Å². The third-order valence-electron chi connectivity index (χ3n) is 6.91. The van der Waals surface area contributed by atoms with Crippen LogP contribution in [-0.2, 0) is 0 Å². The average molecular weight is 399 g/mol. The van der Waals surface area contributed by atoms with Crippen LogP contribution < -0.4 is 0 Å². The summed E-state index contributed by atoms with van der Waals surface area (Å²) in [4.78, 5) is 0. The average Bonchev–Trinajstić information content (AvgIpc) is 2.59. The standard InChI is InChI=1S/C27H46Si/c1-22(2)28(23(3)4,24(5)6)21-15-13-11-10-12-14-16-25-17-19-26(20-18-25)27(7,8)9/h17,22-24,26H,10-13,18-20H2,1-9H3. The van der Waals surface area contributed by atoms with Crippen LogP contribution in [0.3, 0.4) is 0 Å². The summed E-state index contributed by atoms with van der Waals surface area (Å²) in [5, 5.41) is 0. The van der Waals surface area contributed by atoms with Crippen molar-refractivity contribution < 1.29 is 0 Å². The molecule has 0 bridgehead atoms. The summed E-state index contributed by atoms with van der Waals surface area (Å²) >= 11 is 0. The highest BCUT2D eigenvalue weighted by atomic mass is 28.3. The Balaban J connectivity index is 2.43. The molecule has 0 aromatic rings. The summed E-state index contributed by atoms with van der Waals surface area (Å²) in [6, 6.07) is 0. The Morgan fingerprint density at radius 2 is 1.46 bits per heavy atom. The van der Waals surface area contributed by atoms with Gasteiger partial charge >= 0.3 is 0 Å². The van der Waals surface area contributed by atoms with Crippen LogP contribution in [0.1, 0.15) is 107 Å². The fraction of sp³-hybridized carbons (Fsp3) is 0.778. The van der Waals surface area contributed by atoms with Crippen LogP contribution in [0.25, 0.3) is 0 Å². The molecule has 0 saturated heterocycles. The van der Waals surface area contributed by atoms with E-state index in [0.717, 1.165) is 35.4 Å². The molecule has 0 fully saturated rings. The monoisotopic (exact) mass is 398 g/mol. The van der Waals surface area contributed by atoms with Crippen molar-refractivity contribution in [3.63, 3.8) is 0 Å². The Morgan fingerprint density at radius 3 is 1.89 bits per heavy atom. The molecule has 0 aliphatic heterocycles. The summed E-state index contributed by atoms with van der Waals surface area (Å²) in [6.45, 7) is 21.4. The Morgan fingerprint density at radius 1 is 0.929 bits per heavy atom. The summed E-state index contributed by atoms with van der Waals surface area (Å²) in [6.07, 6.45) is 10.5. The topological polar surface area (TPSA) is 0 Å². The third kappa shape index (κ3) is 7.15. The molecule has 158 valence electrons. The molecule has 1 aliphatic carbocycles. The third-order valence-corrected chi connectivity index (χ3v) is 13.3. The van der Waals surface area contributed by atoms with Crippen molar-refractivity contribution in [3.05, 3.63) is 11.6 Å². The minimum atomic E-state index is -1.54. The summed E-state index contributed by atoms with van der Waals surface area (Å²) in [7, 11) is -1.54. The van der Waals surface area contributed by atoms with Crippen LogP contribution in [-0.4, -0.2) is 8.07 Å². The number of rotatable bonds is 6. The zero-order chi connectivity index (χ0) is 21.4. The lowest BCUT2D eigenvalue weighted by molar-refractivity contribution is 0.222. The predicted octanol–water partition coefficient (Wildman–Crippen LogP) is 8.54. The molecule has 0 amide bonds. The second-order valence-corrected chi connectivity index (χ2v) is 16.4. The Kier molecular flexibility index (Phi) is 10.1. The molecule has 0 radical (unpaired) electrons. The smallest absolute Gasteiger partial charge is 0.130 e. The fourth-order valence-corrected chi connectivity index (χ4v) is 10.3. The van der Waals surface area contributed by atoms with Crippen molar-refractivity contribution in [2.45, 2.75) is 124 Å². The Bertz CT molecular complexity index is 597. The molecule has 1 aliphatic rings. The largest absolute Gasteiger partial charge is 0.145 e. The van der Waals surface area contributed by atoms with Crippen LogP contribution in [0, 0.1) is 34.6 Å². The van der Waals surface area contributed by atoms with Crippen LogP contribution >= 0.6 is 0 Å². The maximum absolute atomic E-state index is 3.83. The van der Waals surface area contributed by atoms with E-state index in [1.165, 1.54) is 37.7 Å². The van der Waals surface area contributed by atoms with Gasteiger partial charge in [-0.1, -0.05) is 80.2 Å². The van der Waals surface area contributed by atoms with E-state index in [-0.39, 0.29) is 0 Å². The molecule has 1 rings (SSSR count). The number of hydrogen-bond acceptors (Lipinski definition) is 0. The van der Waals surface area contributed by atoms with Crippen molar-refractivity contribution in [1.82, 2.24) is 0 Å².